The lowest BCUT2D eigenvalue weighted by Crippen LogP contribution is -2.25. The maximum absolute atomic E-state index is 9.14. The van der Waals surface area contributed by atoms with E-state index in [0.717, 1.165) is 38.7 Å². The molecule has 0 fully saturated rings. The lowest BCUT2D eigenvalue weighted by Gasteiger charge is -2.30. The van der Waals surface area contributed by atoms with Gasteiger partial charge in [0.15, 0.2) is 0 Å². The van der Waals surface area contributed by atoms with Crippen molar-refractivity contribution in [2.75, 3.05) is 5.43 Å². The fraction of sp³-hybridized carbons (Fsp3) is 0.0175. The lowest BCUT2D eigenvalue weighted by atomic mass is 9.70. The fourth-order valence-corrected chi connectivity index (χ4v) is 10.1. The zero-order chi connectivity index (χ0) is 39.8. The average Bonchev–Trinajstić information content (AvgIpc) is 3.78. The Hall–Kier alpha value is -7.88. The molecule has 9 aromatic carbocycles. The van der Waals surface area contributed by atoms with Crippen LogP contribution < -0.4 is 5.43 Å². The Morgan fingerprint density at radius 1 is 0.400 bits per heavy atom. The van der Waals surface area contributed by atoms with Gasteiger partial charge >= 0.3 is 0 Å². The van der Waals surface area contributed by atoms with Gasteiger partial charge in [-0.2, -0.15) is 5.10 Å². The van der Waals surface area contributed by atoms with Crippen LogP contribution >= 0.6 is 0 Å². The molecular weight excluding hydrogens is 727 g/mol. The first kappa shape index (κ1) is 34.2. The average molecular weight is 764 g/mol. The molecule has 0 saturated carbocycles. The molecule has 0 saturated heterocycles. The van der Waals surface area contributed by atoms with Crippen LogP contribution in [0.2, 0.25) is 0 Å². The van der Waals surface area contributed by atoms with Crippen molar-refractivity contribution in [1.29, 1.82) is 5.41 Å². The van der Waals surface area contributed by atoms with Crippen LogP contribution in [0.4, 0.5) is 5.69 Å². The van der Waals surface area contributed by atoms with Crippen molar-refractivity contribution in [3.8, 4) is 55.6 Å². The highest BCUT2D eigenvalue weighted by atomic mass is 15.3. The van der Waals surface area contributed by atoms with Crippen molar-refractivity contribution in [2.24, 2.45) is 5.10 Å². The predicted octanol–water partition coefficient (Wildman–Crippen LogP) is 14.0. The van der Waals surface area contributed by atoms with E-state index >= 15 is 0 Å². The number of allylic oxidation sites excluding steroid dienone is 1. The van der Waals surface area contributed by atoms with Crippen LogP contribution in [0.25, 0.3) is 72.5 Å². The molecule has 0 bridgehead atoms. The molecule has 0 unspecified atom stereocenters. The third-order valence-electron chi connectivity index (χ3n) is 12.8. The van der Waals surface area contributed by atoms with Gasteiger partial charge in [0.05, 0.1) is 16.8 Å². The third kappa shape index (κ3) is 5.09. The van der Waals surface area contributed by atoms with Crippen molar-refractivity contribution in [3.63, 3.8) is 0 Å². The number of hydrogen-bond acceptors (Lipinski definition) is 3. The van der Waals surface area contributed by atoms with E-state index in [9.17, 15) is 0 Å². The van der Waals surface area contributed by atoms with Crippen molar-refractivity contribution < 1.29 is 0 Å². The van der Waals surface area contributed by atoms with Crippen LogP contribution in [0.1, 0.15) is 33.4 Å². The van der Waals surface area contributed by atoms with E-state index in [2.05, 4.69) is 186 Å². The number of hydrazone groups is 1. The smallest absolute Gasteiger partial charge is 0.109 e. The molecule has 3 aliphatic carbocycles. The van der Waals surface area contributed by atoms with Crippen LogP contribution in [0.15, 0.2) is 211 Å². The van der Waals surface area contributed by atoms with Gasteiger partial charge in [-0.25, -0.2) is 0 Å². The van der Waals surface area contributed by atoms with Crippen LogP contribution in [-0.4, -0.2) is 11.4 Å². The second-order valence-corrected chi connectivity index (χ2v) is 16.0. The summed E-state index contributed by atoms with van der Waals surface area (Å²) in [6.07, 6.45) is 3.96. The Kier molecular flexibility index (Phi) is 7.60. The summed E-state index contributed by atoms with van der Waals surface area (Å²) in [7, 11) is 0. The number of nitrogens with zero attached hydrogens (tertiary/aromatic N) is 1. The molecule has 9 aromatic rings. The van der Waals surface area contributed by atoms with Gasteiger partial charge in [-0.05, 0) is 137 Å². The minimum Gasteiger partial charge on any atom is -0.298 e. The molecule has 3 heteroatoms. The molecule has 280 valence electrons. The number of benzene rings is 9. The Morgan fingerprint density at radius 3 is 1.53 bits per heavy atom. The summed E-state index contributed by atoms with van der Waals surface area (Å²) < 4.78 is 0. The van der Waals surface area contributed by atoms with E-state index in [4.69, 9.17) is 5.41 Å². The standard InChI is InChI=1S/C57H37N3/c58-56-54(60-59-44-16-2-1-3-17-44)31-28-36-24-25-43-34-41(26-29-45(43)55(36)56)39-14-10-12-37(32-39)38-13-11-15-40(33-38)42-27-30-49-48-20-6-9-23-52(48)57(53(49)35-42)50-21-7-4-18-46(50)47-19-5-8-22-51(47)57/h1-35,58-59H/b58-56?,60-54-. The number of hydrogen-bond donors (Lipinski definition) is 2. The van der Waals surface area contributed by atoms with Gasteiger partial charge in [0, 0.05) is 5.56 Å². The van der Waals surface area contributed by atoms with E-state index < -0.39 is 0 Å². The topological polar surface area (TPSA) is 48.2 Å². The fourth-order valence-electron chi connectivity index (χ4n) is 10.1. The highest BCUT2D eigenvalue weighted by molar-refractivity contribution is 6.55. The Balaban J connectivity index is 0.897. The monoisotopic (exact) mass is 763 g/mol. The summed E-state index contributed by atoms with van der Waals surface area (Å²) in [6.45, 7) is 0. The van der Waals surface area contributed by atoms with Crippen LogP contribution in [0, 0.1) is 5.41 Å². The lowest BCUT2D eigenvalue weighted by molar-refractivity contribution is 0.794. The van der Waals surface area contributed by atoms with Crippen LogP contribution in [0.5, 0.6) is 0 Å². The van der Waals surface area contributed by atoms with E-state index in [0.29, 0.717) is 11.4 Å². The molecule has 1 spiro atoms. The molecule has 0 amide bonds. The first-order valence-corrected chi connectivity index (χ1v) is 20.5. The maximum Gasteiger partial charge on any atom is 0.109 e. The van der Waals surface area contributed by atoms with E-state index in [-0.39, 0.29) is 5.41 Å². The van der Waals surface area contributed by atoms with Crippen molar-refractivity contribution in [1.82, 2.24) is 0 Å². The largest absolute Gasteiger partial charge is 0.298 e. The van der Waals surface area contributed by atoms with Gasteiger partial charge in [-0.1, -0.05) is 170 Å². The Morgan fingerprint density at radius 2 is 0.917 bits per heavy atom. The van der Waals surface area contributed by atoms with Crippen LogP contribution in [-0.2, 0) is 5.41 Å². The molecule has 0 atom stereocenters. The van der Waals surface area contributed by atoms with Gasteiger partial charge in [0.1, 0.15) is 5.71 Å². The summed E-state index contributed by atoms with van der Waals surface area (Å²) in [5.74, 6) is 0. The van der Waals surface area contributed by atoms with Gasteiger partial charge in [-0.3, -0.25) is 10.8 Å². The zero-order valence-corrected chi connectivity index (χ0v) is 32.7. The van der Waals surface area contributed by atoms with Gasteiger partial charge in [-0.15, -0.1) is 0 Å². The van der Waals surface area contributed by atoms with Crippen molar-refractivity contribution in [2.45, 2.75) is 5.41 Å². The van der Waals surface area contributed by atoms with Gasteiger partial charge < -0.3 is 0 Å². The summed E-state index contributed by atoms with van der Waals surface area (Å²) in [4.78, 5) is 0. The molecule has 0 radical (unpaired) electrons. The summed E-state index contributed by atoms with van der Waals surface area (Å²) in [5, 5.41) is 15.9. The SMILES string of the molecule is N=C1/C(=N\Nc2ccccc2)C=Cc2ccc3cc(-c4cccc(-c5cccc(-c6ccc7c(c6)C6(c8ccccc8-c8ccccc86)c6ccccc6-7)c5)c4)ccc3c21. The normalized spacial score (nSPS) is 14.5. The highest BCUT2D eigenvalue weighted by Gasteiger charge is 2.51. The third-order valence-corrected chi connectivity index (χ3v) is 12.8. The van der Waals surface area contributed by atoms with Crippen molar-refractivity contribution >= 4 is 34.0 Å². The Labute approximate surface area is 349 Å². The molecular formula is C57H37N3. The maximum atomic E-state index is 9.14. The van der Waals surface area contributed by atoms with Gasteiger partial charge in [0.2, 0.25) is 0 Å². The van der Waals surface area contributed by atoms with E-state index in [1.54, 1.807) is 0 Å². The molecule has 0 heterocycles. The molecule has 2 N–H and O–H groups in total. The molecule has 12 rings (SSSR count). The molecule has 60 heavy (non-hydrogen) atoms. The quantitative estimate of drug-likeness (QED) is 0.169. The van der Waals surface area contributed by atoms with Gasteiger partial charge in [0.25, 0.3) is 0 Å². The number of rotatable bonds is 5. The van der Waals surface area contributed by atoms with E-state index in [1.165, 1.54) is 66.8 Å². The highest BCUT2D eigenvalue weighted by Crippen LogP contribution is 2.63. The van der Waals surface area contributed by atoms with Crippen molar-refractivity contribution in [3.05, 3.63) is 240 Å². The molecule has 3 nitrogen and oxygen atoms in total. The first-order chi connectivity index (χ1) is 29.6. The predicted molar refractivity (Wildman–Crippen MR) is 250 cm³/mol. The van der Waals surface area contributed by atoms with Crippen LogP contribution in [0.3, 0.4) is 0 Å². The molecule has 0 aromatic heterocycles. The second-order valence-electron chi connectivity index (χ2n) is 16.0. The minimum absolute atomic E-state index is 0.368. The number of anilines is 1. The number of fused-ring (bicyclic) bond motifs is 13. The summed E-state index contributed by atoms with van der Waals surface area (Å²) in [6, 6.07) is 72.6. The second kappa shape index (κ2) is 13.3. The minimum atomic E-state index is -0.368. The zero-order valence-electron chi connectivity index (χ0n) is 32.7. The summed E-state index contributed by atoms with van der Waals surface area (Å²) in [5.41, 5.74) is 24.3. The summed E-state index contributed by atoms with van der Waals surface area (Å²) >= 11 is 0. The molecule has 0 aliphatic heterocycles. The molecule has 3 aliphatic rings. The number of nitrogens with one attached hydrogen (secondary N) is 2. The van der Waals surface area contributed by atoms with E-state index in [1.807, 2.05) is 36.4 Å². The Bertz CT molecular complexity index is 3250. The first-order valence-electron chi connectivity index (χ1n) is 20.5. The number of para-hydroxylation sites is 1.